The predicted molar refractivity (Wildman–Crippen MR) is 147 cm³/mol. The summed E-state index contributed by atoms with van der Waals surface area (Å²) in [5, 5.41) is 86.3. The van der Waals surface area contributed by atoms with Crippen LogP contribution in [-0.2, 0) is 103 Å². The van der Waals surface area contributed by atoms with Gasteiger partial charge >= 0.3 is 68.3 Å². The number of aliphatic imine (C=N–C) groups is 2. The molecule has 2 aromatic rings. The van der Waals surface area contributed by atoms with Crippen molar-refractivity contribution < 1.29 is 144 Å². The fourth-order valence-corrected chi connectivity index (χ4v) is 1.77. The van der Waals surface area contributed by atoms with Gasteiger partial charge in [-0.2, -0.15) is 5.26 Å². The number of nitrogens with zero attached hydrogens (tertiary/aromatic N) is 3. The number of para-hydroxylation sites is 2. The van der Waals surface area contributed by atoms with Crippen molar-refractivity contribution in [2.75, 3.05) is 13.1 Å². The Morgan fingerprint density at radius 1 is 0.608 bits per heavy atom. The minimum absolute atomic E-state index is 0. The van der Waals surface area contributed by atoms with E-state index in [0.29, 0.717) is 11.1 Å². The van der Waals surface area contributed by atoms with Crippen molar-refractivity contribution >= 4 is 42.3 Å². The van der Waals surface area contributed by atoms with Gasteiger partial charge in [0.15, 0.2) is 0 Å². The maximum absolute atomic E-state index is 11.7. The Morgan fingerprint density at radius 3 is 0.961 bits per heavy atom. The topological polar surface area (TPSA) is 375 Å². The number of aliphatic carboxylic acids is 5. The molecule has 0 fully saturated rings. The van der Waals surface area contributed by atoms with Crippen LogP contribution in [0, 0.1) is 11.3 Å². The van der Waals surface area contributed by atoms with Crippen LogP contribution in [0.15, 0.2) is 58.5 Å². The molecule has 0 bridgehead atoms. The van der Waals surface area contributed by atoms with Crippen molar-refractivity contribution in [3.05, 3.63) is 59.7 Å². The summed E-state index contributed by atoms with van der Waals surface area (Å²) < 4.78 is 0. The molecule has 0 radical (unpaired) electrons. The molecular weight excluding hydrogens is 850 g/mol. The van der Waals surface area contributed by atoms with Crippen molar-refractivity contribution in [1.82, 2.24) is 0 Å². The molecule has 2 rings (SSSR count). The van der Waals surface area contributed by atoms with Gasteiger partial charge in [0.1, 0.15) is 0 Å². The van der Waals surface area contributed by atoms with Crippen LogP contribution >= 0.6 is 0 Å². The van der Waals surface area contributed by atoms with Crippen molar-refractivity contribution in [3.63, 3.8) is 0 Å². The molecule has 0 saturated carbocycles. The van der Waals surface area contributed by atoms with Gasteiger partial charge < -0.3 is 75.8 Å². The molecule has 51 heavy (non-hydrogen) atoms. The molecule has 0 aliphatic rings. The zero-order valence-electron chi connectivity index (χ0n) is 27.7. The molecule has 0 heterocycles. The Bertz CT molecular complexity index is 1100. The molecule has 0 aliphatic carbocycles. The average molecular weight is 883 g/mol. The van der Waals surface area contributed by atoms with Gasteiger partial charge in [-0.25, -0.2) is 0 Å². The molecule has 0 unspecified atom stereocenters. The van der Waals surface area contributed by atoms with Crippen molar-refractivity contribution in [2.24, 2.45) is 9.98 Å². The van der Waals surface area contributed by atoms with Crippen molar-refractivity contribution in [1.29, 1.82) is 5.26 Å². The summed E-state index contributed by atoms with van der Waals surface area (Å²) in [7, 11) is 0. The monoisotopic (exact) mass is 883 g/mol. The quantitative estimate of drug-likeness (QED) is 0.193. The molecule has 2 aromatic carbocycles. The second-order valence-electron chi connectivity index (χ2n) is 7.37. The molecular formula is C29H33Mn4N3O15. The maximum Gasteiger partial charge on any atom is 3.00 e. The van der Waals surface area contributed by atoms with Crippen molar-refractivity contribution in [3.8, 4) is 17.6 Å². The molecule has 0 saturated heterocycles. The van der Waals surface area contributed by atoms with E-state index in [2.05, 4.69) is 9.98 Å². The fourth-order valence-electron chi connectivity index (χ4n) is 1.77. The third-order valence-electron chi connectivity index (χ3n) is 2.92. The van der Waals surface area contributed by atoms with E-state index in [1.54, 1.807) is 42.5 Å². The van der Waals surface area contributed by atoms with E-state index in [4.69, 9.17) is 54.8 Å². The van der Waals surface area contributed by atoms with Crippen LogP contribution < -0.4 is 40.9 Å². The first-order valence-electron chi connectivity index (χ1n) is 12.1. The number of carbonyl (C=O) groups is 5. The van der Waals surface area contributed by atoms with Crippen LogP contribution in [0.2, 0.25) is 0 Å². The SMILES string of the molecule is CC#N.CC(=O)[O-].CC(=O)[O-].CC(=O)[O-].CC(=O)[O-].CC(=O)[O-].[Mn+3].[Mn+3].[Mn+3].[Mn+3].[O-2].[O-2].[O-]c1ccccc1C=NCC([O-])CN=Cc1ccccc1[O-]. The molecule has 0 amide bonds. The van der Waals surface area contributed by atoms with Crippen LogP contribution in [0.25, 0.3) is 0 Å². The standard InChI is InChI=1S/C17H17N2O3.C2H3N.5C2H4O2.4Mn.2O/c20-15(11-18-9-13-5-1-3-7-16(13)21)12-19-10-14-6-2-4-8-17(14)22;1-2-3;5*1-2(3)4;;;;;;/h1-10,15,21-22H,11-12H2;1H3;5*1H3,(H,3,4);;;;;;/q-1;;;;;;;4*+3;2*-2/p-7. The Labute approximate surface area is 337 Å². The minimum atomic E-state index is -1.08. The van der Waals surface area contributed by atoms with Gasteiger partial charge in [0.05, 0.1) is 6.07 Å². The van der Waals surface area contributed by atoms with Gasteiger partial charge in [-0.15, -0.1) is 11.5 Å². The predicted octanol–water partition coefficient (Wildman–Crippen LogP) is -5.84. The van der Waals surface area contributed by atoms with Crippen LogP contribution in [0.5, 0.6) is 11.5 Å². The van der Waals surface area contributed by atoms with Gasteiger partial charge in [0.2, 0.25) is 0 Å². The number of hydrogen-bond donors (Lipinski definition) is 0. The van der Waals surface area contributed by atoms with Gasteiger partial charge in [-0.3, -0.25) is 9.98 Å². The second-order valence-corrected chi connectivity index (χ2v) is 7.37. The molecule has 0 aliphatic heterocycles. The summed E-state index contributed by atoms with van der Waals surface area (Å²) in [6, 6.07) is 14.7. The zero-order chi connectivity index (χ0) is 36.4. The fraction of sp³-hybridized carbons (Fsp3) is 0.310. The van der Waals surface area contributed by atoms with Gasteiger partial charge in [-0.1, -0.05) is 54.6 Å². The largest absolute Gasteiger partial charge is 3.00 e. The molecule has 0 atom stereocenters. The first-order valence-corrected chi connectivity index (χ1v) is 12.1. The van der Waals surface area contributed by atoms with E-state index in [0.717, 1.165) is 34.6 Å². The summed E-state index contributed by atoms with van der Waals surface area (Å²) >= 11 is 0. The number of hydrogen-bond acceptors (Lipinski definition) is 16. The normalized spacial score (nSPS) is 8.20. The number of nitriles is 1. The Morgan fingerprint density at radius 2 is 0.784 bits per heavy atom. The summed E-state index contributed by atoms with van der Waals surface area (Å²) in [4.78, 5) is 52.4. The average Bonchev–Trinajstić information content (AvgIpc) is 2.85. The molecule has 0 spiro atoms. The summed E-state index contributed by atoms with van der Waals surface area (Å²) in [5.41, 5.74) is 0.914. The number of rotatable bonds is 6. The maximum atomic E-state index is 11.7. The van der Waals surface area contributed by atoms with E-state index in [1.807, 2.05) is 0 Å². The van der Waals surface area contributed by atoms with E-state index in [-0.39, 0.29) is 104 Å². The van der Waals surface area contributed by atoms with Crippen LogP contribution in [-0.4, -0.2) is 61.5 Å². The minimum Gasteiger partial charge on any atom is -2.00 e. The molecule has 0 aromatic heterocycles. The molecule has 282 valence electrons. The third kappa shape index (κ3) is 99.0. The second kappa shape index (κ2) is 55.6. The third-order valence-corrected chi connectivity index (χ3v) is 2.92. The molecule has 22 heteroatoms. The Balaban J connectivity index is -0.0000000513. The van der Waals surface area contributed by atoms with Gasteiger partial charge in [-0.05, 0) is 45.7 Å². The number of benzene rings is 2. The van der Waals surface area contributed by atoms with Crippen LogP contribution in [0.4, 0.5) is 0 Å². The Hall–Kier alpha value is -3.82. The number of carbonyl (C=O) groups excluding carboxylic acids is 5. The van der Waals surface area contributed by atoms with Crippen LogP contribution in [0.1, 0.15) is 52.7 Å². The van der Waals surface area contributed by atoms with Gasteiger partial charge in [0.25, 0.3) is 0 Å². The summed E-state index contributed by atoms with van der Waals surface area (Å²) in [6.45, 7) is 6.36. The first-order chi connectivity index (χ1) is 20.7. The van der Waals surface area contributed by atoms with E-state index < -0.39 is 36.0 Å². The van der Waals surface area contributed by atoms with Crippen LogP contribution in [0.3, 0.4) is 0 Å². The molecule has 0 N–H and O–H groups in total. The summed E-state index contributed by atoms with van der Waals surface area (Å²) in [6.07, 6.45) is 1.80. The Kier molecular flexibility index (Phi) is 83.8. The zero-order valence-corrected chi connectivity index (χ0v) is 32.5. The van der Waals surface area contributed by atoms with E-state index >= 15 is 0 Å². The van der Waals surface area contributed by atoms with E-state index in [1.165, 1.54) is 31.5 Å². The van der Waals surface area contributed by atoms with Crippen molar-refractivity contribution in [2.45, 2.75) is 47.6 Å². The smallest absolute Gasteiger partial charge is 2.00 e. The summed E-state index contributed by atoms with van der Waals surface area (Å²) in [5.74, 6) is -5.67. The first kappa shape index (κ1) is 76.9. The molecule has 18 nitrogen and oxygen atoms in total. The number of carboxylic acid groups (broad SMARTS) is 5. The van der Waals surface area contributed by atoms with Gasteiger partial charge in [0, 0.05) is 62.3 Å². The van der Waals surface area contributed by atoms with E-state index in [9.17, 15) is 15.3 Å². The number of carboxylic acids is 5.